The number of furan rings is 1. The van der Waals surface area contributed by atoms with E-state index in [-0.39, 0.29) is 11.4 Å². The summed E-state index contributed by atoms with van der Waals surface area (Å²) in [5.74, 6) is 0.291. The Balaban J connectivity index is 2.00. The first-order chi connectivity index (χ1) is 9.10. The van der Waals surface area contributed by atoms with Crippen LogP contribution in [0.25, 0.3) is 0 Å². The predicted molar refractivity (Wildman–Crippen MR) is 70.4 cm³/mol. The average molecular weight is 281 g/mol. The molecule has 2 rings (SSSR count). The van der Waals surface area contributed by atoms with Crippen LogP contribution in [0.1, 0.15) is 16.3 Å². The van der Waals surface area contributed by atoms with Crippen LogP contribution in [0.2, 0.25) is 0 Å². The first kappa shape index (κ1) is 13.5. The highest BCUT2D eigenvalue weighted by Gasteiger charge is 2.11. The van der Waals surface area contributed by atoms with Gasteiger partial charge in [-0.25, -0.2) is 9.18 Å². The van der Waals surface area contributed by atoms with Gasteiger partial charge in [-0.3, -0.25) is 0 Å². The predicted octanol–water partition coefficient (Wildman–Crippen LogP) is 3.08. The molecule has 0 bridgehead atoms. The van der Waals surface area contributed by atoms with E-state index in [0.29, 0.717) is 11.5 Å². The van der Waals surface area contributed by atoms with Crippen LogP contribution in [0.4, 0.5) is 10.1 Å². The van der Waals surface area contributed by atoms with Crippen LogP contribution in [0.3, 0.4) is 0 Å². The van der Waals surface area contributed by atoms with Gasteiger partial charge in [-0.2, -0.15) is 0 Å². The van der Waals surface area contributed by atoms with Gasteiger partial charge < -0.3 is 14.9 Å². The van der Waals surface area contributed by atoms with Crippen LogP contribution in [0.15, 0.2) is 39.6 Å². The largest absolute Gasteiger partial charge is 0.463 e. The van der Waals surface area contributed by atoms with Crippen LogP contribution >= 0.6 is 11.8 Å². The molecule has 0 aliphatic carbocycles. The Labute approximate surface area is 113 Å². The van der Waals surface area contributed by atoms with Crippen molar-refractivity contribution in [2.45, 2.75) is 10.6 Å². The summed E-state index contributed by atoms with van der Waals surface area (Å²) in [4.78, 5) is 11.9. The molecule has 0 unspecified atom stereocenters. The van der Waals surface area contributed by atoms with E-state index >= 15 is 0 Å². The topological polar surface area (TPSA) is 65.5 Å². The van der Waals surface area contributed by atoms with Crippen molar-refractivity contribution in [3.63, 3.8) is 0 Å². The maximum atomic E-state index is 13.2. The Kier molecular flexibility index (Phi) is 4.11. The van der Waals surface area contributed by atoms with Gasteiger partial charge in [0.25, 0.3) is 0 Å². The molecule has 4 nitrogen and oxygen atoms in total. The van der Waals surface area contributed by atoms with Crippen molar-refractivity contribution >= 4 is 23.4 Å². The Morgan fingerprint density at radius 1 is 1.42 bits per heavy atom. The molecule has 0 spiro atoms. The second-order valence-corrected chi connectivity index (χ2v) is 4.78. The van der Waals surface area contributed by atoms with E-state index in [0.717, 1.165) is 4.90 Å². The summed E-state index contributed by atoms with van der Waals surface area (Å²) in [5.41, 5.74) is 5.51. The van der Waals surface area contributed by atoms with E-state index in [9.17, 15) is 9.18 Å². The highest BCUT2D eigenvalue weighted by atomic mass is 32.2. The molecule has 2 N–H and O–H groups in total. The van der Waals surface area contributed by atoms with Gasteiger partial charge >= 0.3 is 5.97 Å². The molecule has 6 heteroatoms. The Morgan fingerprint density at radius 2 is 2.21 bits per heavy atom. The number of carbonyl (C=O) groups is 1. The molecule has 0 atom stereocenters. The molecule has 1 heterocycles. The first-order valence-electron chi connectivity index (χ1n) is 5.45. The quantitative estimate of drug-likeness (QED) is 0.530. The van der Waals surface area contributed by atoms with Crippen molar-refractivity contribution in [3.05, 3.63) is 47.7 Å². The Hall–Kier alpha value is -1.95. The standard InChI is InChI=1S/C13H12FNO3S/c1-17-13(16)12-5-2-8(18-12)7-19-9-3-4-11(15)10(14)6-9/h2-6H,7,15H2,1H3. The number of esters is 1. The van der Waals surface area contributed by atoms with Gasteiger partial charge in [-0.1, -0.05) is 0 Å². The lowest BCUT2D eigenvalue weighted by Gasteiger charge is -2.01. The molecule has 19 heavy (non-hydrogen) atoms. The lowest BCUT2D eigenvalue weighted by molar-refractivity contribution is 0.0563. The minimum absolute atomic E-state index is 0.121. The maximum Gasteiger partial charge on any atom is 0.373 e. The summed E-state index contributed by atoms with van der Waals surface area (Å²) in [6.45, 7) is 0. The molecule has 0 radical (unpaired) electrons. The van der Waals surface area contributed by atoms with E-state index in [4.69, 9.17) is 10.2 Å². The number of hydrogen-bond donors (Lipinski definition) is 1. The van der Waals surface area contributed by atoms with Gasteiger partial charge in [-0.15, -0.1) is 11.8 Å². The van der Waals surface area contributed by atoms with Crippen LogP contribution in [0, 0.1) is 5.82 Å². The van der Waals surface area contributed by atoms with Gasteiger partial charge in [0.1, 0.15) is 11.6 Å². The number of benzene rings is 1. The third-order valence-corrected chi connectivity index (χ3v) is 3.42. The van der Waals surface area contributed by atoms with E-state index in [1.165, 1.54) is 31.0 Å². The summed E-state index contributed by atoms with van der Waals surface area (Å²) < 4.78 is 23.1. The second kappa shape index (κ2) is 5.79. The summed E-state index contributed by atoms with van der Waals surface area (Å²) in [5, 5.41) is 0. The zero-order valence-electron chi connectivity index (χ0n) is 10.2. The normalized spacial score (nSPS) is 10.4. The number of methoxy groups -OCH3 is 1. The lowest BCUT2D eigenvalue weighted by atomic mass is 10.3. The summed E-state index contributed by atoms with van der Waals surface area (Å²) in [7, 11) is 1.29. The molecule has 0 aliphatic heterocycles. The number of nitrogens with two attached hydrogens (primary N) is 1. The molecular weight excluding hydrogens is 269 g/mol. The Morgan fingerprint density at radius 3 is 2.89 bits per heavy atom. The van der Waals surface area contributed by atoms with Crippen LogP contribution in [-0.4, -0.2) is 13.1 Å². The number of nitrogen functional groups attached to an aromatic ring is 1. The van der Waals surface area contributed by atoms with Gasteiger partial charge in [0.15, 0.2) is 0 Å². The zero-order valence-corrected chi connectivity index (χ0v) is 11.0. The highest BCUT2D eigenvalue weighted by molar-refractivity contribution is 7.98. The molecule has 2 aromatic rings. The Bertz CT molecular complexity index is 597. The molecule has 0 aliphatic rings. The number of anilines is 1. The minimum atomic E-state index is -0.519. The average Bonchev–Trinajstić information content (AvgIpc) is 2.88. The minimum Gasteiger partial charge on any atom is -0.463 e. The SMILES string of the molecule is COC(=O)c1ccc(CSc2ccc(N)c(F)c2)o1. The second-order valence-electron chi connectivity index (χ2n) is 3.73. The fourth-order valence-electron chi connectivity index (χ4n) is 1.42. The van der Waals surface area contributed by atoms with Crippen molar-refractivity contribution < 1.29 is 18.3 Å². The number of ether oxygens (including phenoxy) is 1. The number of rotatable bonds is 4. The van der Waals surface area contributed by atoms with E-state index in [1.807, 2.05) is 0 Å². The van der Waals surface area contributed by atoms with Gasteiger partial charge in [0, 0.05) is 4.90 Å². The number of hydrogen-bond acceptors (Lipinski definition) is 5. The van der Waals surface area contributed by atoms with Crippen molar-refractivity contribution in [2.24, 2.45) is 0 Å². The summed E-state index contributed by atoms with van der Waals surface area (Å²) in [6, 6.07) is 7.84. The lowest BCUT2D eigenvalue weighted by Crippen LogP contribution is -1.98. The van der Waals surface area contributed by atoms with Crippen molar-refractivity contribution in [3.8, 4) is 0 Å². The highest BCUT2D eigenvalue weighted by Crippen LogP contribution is 2.26. The summed E-state index contributed by atoms with van der Waals surface area (Å²) >= 11 is 1.39. The first-order valence-corrected chi connectivity index (χ1v) is 6.43. The van der Waals surface area contributed by atoms with Crippen LogP contribution in [0.5, 0.6) is 0 Å². The maximum absolute atomic E-state index is 13.2. The third-order valence-electron chi connectivity index (χ3n) is 2.40. The number of carbonyl (C=O) groups excluding carboxylic acids is 1. The summed E-state index contributed by atoms with van der Waals surface area (Å²) in [6.07, 6.45) is 0. The fourth-order valence-corrected chi connectivity index (χ4v) is 2.23. The molecule has 0 saturated carbocycles. The van der Waals surface area contributed by atoms with Gasteiger partial charge in [-0.05, 0) is 30.3 Å². The molecule has 0 fully saturated rings. The van der Waals surface area contributed by atoms with E-state index in [2.05, 4.69) is 4.74 Å². The van der Waals surface area contributed by atoms with Gasteiger partial charge in [0.05, 0.1) is 18.6 Å². The van der Waals surface area contributed by atoms with Crippen LogP contribution in [-0.2, 0) is 10.5 Å². The van der Waals surface area contributed by atoms with Crippen molar-refractivity contribution in [1.82, 2.24) is 0 Å². The molecule has 0 saturated heterocycles. The monoisotopic (exact) mass is 281 g/mol. The molecular formula is C13H12FNO3S. The molecule has 1 aromatic carbocycles. The fraction of sp³-hybridized carbons (Fsp3) is 0.154. The van der Waals surface area contributed by atoms with Crippen molar-refractivity contribution in [2.75, 3.05) is 12.8 Å². The number of halogens is 1. The third kappa shape index (κ3) is 3.29. The van der Waals surface area contributed by atoms with E-state index < -0.39 is 11.8 Å². The molecule has 1 aromatic heterocycles. The molecule has 100 valence electrons. The van der Waals surface area contributed by atoms with Gasteiger partial charge in [0.2, 0.25) is 5.76 Å². The van der Waals surface area contributed by atoms with E-state index in [1.54, 1.807) is 18.2 Å². The van der Waals surface area contributed by atoms with Crippen LogP contribution < -0.4 is 5.73 Å². The van der Waals surface area contributed by atoms with Crippen molar-refractivity contribution in [1.29, 1.82) is 0 Å². The smallest absolute Gasteiger partial charge is 0.373 e. The number of thioether (sulfide) groups is 1. The zero-order chi connectivity index (χ0) is 13.8. The molecule has 0 amide bonds.